The lowest BCUT2D eigenvalue weighted by atomic mass is 9.77. The Kier molecular flexibility index (Phi) is 4.96. The number of aliphatic carboxylic acids is 1. The van der Waals surface area contributed by atoms with Crippen molar-refractivity contribution < 1.29 is 9.90 Å². The Bertz CT molecular complexity index is 288. The molecule has 0 aliphatic rings. The third kappa shape index (κ3) is 3.99. The summed E-state index contributed by atoms with van der Waals surface area (Å²) in [5.41, 5.74) is -0.685. The second-order valence-electron chi connectivity index (χ2n) is 3.59. The molecule has 5 heteroatoms. The number of carboxylic acid groups (broad SMARTS) is 1. The zero-order valence-electron chi connectivity index (χ0n) is 7.92. The number of nitriles is 1. The fraction of sp³-hybridized carbons (Fsp3) is 0.556. The monoisotopic (exact) mass is 235 g/mol. The average molecular weight is 236 g/mol. The molecule has 78 valence electrons. The van der Waals surface area contributed by atoms with E-state index in [9.17, 15) is 4.79 Å². The van der Waals surface area contributed by atoms with Gasteiger partial charge < -0.3 is 5.11 Å². The summed E-state index contributed by atoms with van der Waals surface area (Å²) in [7, 11) is 0. The van der Waals surface area contributed by atoms with Crippen LogP contribution in [0.2, 0.25) is 0 Å². The van der Waals surface area contributed by atoms with Crippen LogP contribution in [-0.4, -0.2) is 11.1 Å². The second kappa shape index (κ2) is 5.23. The first-order chi connectivity index (χ1) is 6.31. The molecule has 0 heterocycles. The molecular formula is C9H11Cl2NO2. The number of allylic oxidation sites excluding steroid dienone is 1. The SMILES string of the molecule is CC(C)(CC=C(Cl)Cl)C(C#N)C(=O)O. The van der Waals surface area contributed by atoms with E-state index in [1.807, 2.05) is 0 Å². The van der Waals surface area contributed by atoms with Gasteiger partial charge in [0.15, 0.2) is 0 Å². The number of nitrogens with zero attached hydrogens (tertiary/aromatic N) is 1. The van der Waals surface area contributed by atoms with Crippen LogP contribution in [0.25, 0.3) is 0 Å². The van der Waals surface area contributed by atoms with Gasteiger partial charge in [-0.15, -0.1) is 0 Å². The van der Waals surface area contributed by atoms with Gasteiger partial charge in [-0.25, -0.2) is 0 Å². The van der Waals surface area contributed by atoms with E-state index in [2.05, 4.69) is 0 Å². The first kappa shape index (κ1) is 13.3. The van der Waals surface area contributed by atoms with E-state index in [-0.39, 0.29) is 4.49 Å². The Labute approximate surface area is 92.9 Å². The van der Waals surface area contributed by atoms with E-state index in [0.717, 1.165) is 0 Å². The number of rotatable bonds is 4. The summed E-state index contributed by atoms with van der Waals surface area (Å²) >= 11 is 10.8. The molecule has 3 nitrogen and oxygen atoms in total. The van der Waals surface area contributed by atoms with Crippen molar-refractivity contribution in [3.05, 3.63) is 10.6 Å². The van der Waals surface area contributed by atoms with Crippen LogP contribution >= 0.6 is 23.2 Å². The van der Waals surface area contributed by atoms with Crippen molar-refractivity contribution in [1.82, 2.24) is 0 Å². The highest BCUT2D eigenvalue weighted by molar-refractivity contribution is 6.55. The minimum absolute atomic E-state index is 0.0835. The van der Waals surface area contributed by atoms with E-state index in [1.54, 1.807) is 19.9 Å². The van der Waals surface area contributed by atoms with Gasteiger partial charge in [-0.1, -0.05) is 43.1 Å². The van der Waals surface area contributed by atoms with Gasteiger partial charge in [0.2, 0.25) is 0 Å². The quantitative estimate of drug-likeness (QED) is 0.816. The molecule has 0 aromatic rings. The molecule has 0 aliphatic carbocycles. The summed E-state index contributed by atoms with van der Waals surface area (Å²) in [6.07, 6.45) is 1.84. The highest BCUT2D eigenvalue weighted by Gasteiger charge is 2.34. The van der Waals surface area contributed by atoms with Crippen molar-refractivity contribution in [2.45, 2.75) is 20.3 Å². The lowest BCUT2D eigenvalue weighted by Crippen LogP contribution is -2.29. The molecule has 0 radical (unpaired) electrons. The summed E-state index contributed by atoms with van der Waals surface area (Å²) in [6, 6.07) is 1.75. The Morgan fingerprint density at radius 3 is 2.43 bits per heavy atom. The molecule has 0 aliphatic heterocycles. The number of halogens is 2. The topological polar surface area (TPSA) is 61.1 Å². The van der Waals surface area contributed by atoms with Gasteiger partial charge in [0.1, 0.15) is 10.4 Å². The average Bonchev–Trinajstić information content (AvgIpc) is 2.01. The number of hydrogen-bond donors (Lipinski definition) is 1. The third-order valence-corrected chi connectivity index (χ3v) is 2.25. The van der Waals surface area contributed by atoms with Gasteiger partial charge >= 0.3 is 5.97 Å². The second-order valence-corrected chi connectivity index (χ2v) is 4.59. The van der Waals surface area contributed by atoms with Crippen LogP contribution in [-0.2, 0) is 4.79 Å². The molecule has 0 bridgehead atoms. The van der Waals surface area contributed by atoms with Crippen LogP contribution in [0.5, 0.6) is 0 Å². The summed E-state index contributed by atoms with van der Waals surface area (Å²) in [6.45, 7) is 3.37. The van der Waals surface area contributed by atoms with Crippen molar-refractivity contribution in [2.24, 2.45) is 11.3 Å². The third-order valence-electron chi connectivity index (χ3n) is 1.94. The lowest BCUT2D eigenvalue weighted by molar-refractivity contribution is -0.143. The molecular weight excluding hydrogens is 225 g/mol. The van der Waals surface area contributed by atoms with E-state index in [0.29, 0.717) is 6.42 Å². The van der Waals surface area contributed by atoms with Gasteiger partial charge in [-0.3, -0.25) is 4.79 Å². The predicted octanol–water partition coefficient (Wildman–Crippen LogP) is 2.95. The maximum absolute atomic E-state index is 10.7. The predicted molar refractivity (Wildman–Crippen MR) is 54.9 cm³/mol. The van der Waals surface area contributed by atoms with E-state index < -0.39 is 17.3 Å². The Hall–Kier alpha value is -0.720. The summed E-state index contributed by atoms with van der Waals surface area (Å²) in [5, 5.41) is 17.4. The van der Waals surface area contributed by atoms with E-state index in [1.165, 1.54) is 6.08 Å². The first-order valence-corrected chi connectivity index (χ1v) is 4.70. The van der Waals surface area contributed by atoms with E-state index >= 15 is 0 Å². The number of carbonyl (C=O) groups is 1. The Balaban J connectivity index is 4.68. The normalized spacial score (nSPS) is 12.8. The number of carboxylic acids is 1. The summed E-state index contributed by atoms with van der Waals surface area (Å²) in [5.74, 6) is -2.19. The van der Waals surface area contributed by atoms with Crippen molar-refractivity contribution in [1.29, 1.82) is 5.26 Å². The largest absolute Gasteiger partial charge is 0.480 e. The molecule has 0 aromatic heterocycles. The number of hydrogen-bond acceptors (Lipinski definition) is 2. The van der Waals surface area contributed by atoms with Crippen LogP contribution < -0.4 is 0 Å². The molecule has 1 unspecified atom stereocenters. The zero-order valence-corrected chi connectivity index (χ0v) is 9.43. The highest BCUT2D eigenvalue weighted by atomic mass is 35.5. The molecule has 0 aromatic carbocycles. The van der Waals surface area contributed by atoms with Gasteiger partial charge in [0.05, 0.1) is 6.07 Å². The molecule has 0 spiro atoms. The van der Waals surface area contributed by atoms with Crippen molar-refractivity contribution >= 4 is 29.2 Å². The molecule has 0 saturated carbocycles. The smallest absolute Gasteiger partial charge is 0.321 e. The maximum Gasteiger partial charge on any atom is 0.321 e. The maximum atomic E-state index is 10.7. The fourth-order valence-electron chi connectivity index (χ4n) is 1.02. The van der Waals surface area contributed by atoms with Gasteiger partial charge in [-0.2, -0.15) is 5.26 Å². The highest BCUT2D eigenvalue weighted by Crippen LogP contribution is 2.32. The van der Waals surface area contributed by atoms with Gasteiger partial charge in [0, 0.05) is 0 Å². The van der Waals surface area contributed by atoms with Crippen LogP contribution in [0.1, 0.15) is 20.3 Å². The fourth-order valence-corrected chi connectivity index (χ4v) is 1.18. The first-order valence-electron chi connectivity index (χ1n) is 3.95. The van der Waals surface area contributed by atoms with Gasteiger partial charge in [-0.05, 0) is 11.8 Å². The van der Waals surface area contributed by atoms with E-state index in [4.69, 9.17) is 33.6 Å². The molecule has 14 heavy (non-hydrogen) atoms. The van der Waals surface area contributed by atoms with Crippen molar-refractivity contribution in [3.63, 3.8) is 0 Å². The zero-order chi connectivity index (χ0) is 11.4. The summed E-state index contributed by atoms with van der Waals surface area (Å²) in [4.78, 5) is 10.7. The van der Waals surface area contributed by atoms with Crippen LogP contribution in [0.4, 0.5) is 0 Å². The Morgan fingerprint density at radius 1 is 1.64 bits per heavy atom. The van der Waals surface area contributed by atoms with Gasteiger partial charge in [0.25, 0.3) is 0 Å². The molecule has 0 rings (SSSR count). The summed E-state index contributed by atoms with van der Waals surface area (Å²) < 4.78 is 0.0835. The molecule has 1 atom stereocenters. The standard InChI is InChI=1S/C9H11Cl2NO2/c1-9(2,4-3-7(10)11)6(5-12)8(13)14/h3,6H,4H2,1-2H3,(H,13,14). The molecule has 0 fully saturated rings. The lowest BCUT2D eigenvalue weighted by Gasteiger charge is -2.25. The van der Waals surface area contributed by atoms with Crippen molar-refractivity contribution in [3.8, 4) is 6.07 Å². The minimum atomic E-state index is -1.13. The Morgan fingerprint density at radius 2 is 2.14 bits per heavy atom. The van der Waals surface area contributed by atoms with Crippen LogP contribution in [0.15, 0.2) is 10.6 Å². The van der Waals surface area contributed by atoms with Crippen molar-refractivity contribution in [2.75, 3.05) is 0 Å². The minimum Gasteiger partial charge on any atom is -0.480 e. The van der Waals surface area contributed by atoms with Crippen LogP contribution in [0.3, 0.4) is 0 Å². The van der Waals surface area contributed by atoms with Crippen LogP contribution in [0, 0.1) is 22.7 Å². The molecule has 0 amide bonds. The molecule has 1 N–H and O–H groups in total. The molecule has 0 saturated heterocycles.